The first kappa shape index (κ1) is 14.5. The van der Waals surface area contributed by atoms with Gasteiger partial charge in [0.15, 0.2) is 0 Å². The molecule has 0 unspecified atom stereocenters. The quantitative estimate of drug-likeness (QED) is 0.637. The Bertz CT molecular complexity index is 497. The molecule has 0 atom stereocenters. The number of nitrogen functional groups attached to an aromatic ring is 1. The van der Waals surface area contributed by atoms with Crippen molar-refractivity contribution in [3.8, 4) is 0 Å². The monoisotopic (exact) mass is 271 g/mol. The molecule has 18 heavy (non-hydrogen) atoms. The van der Waals surface area contributed by atoms with E-state index in [9.17, 15) is 13.2 Å². The van der Waals surface area contributed by atoms with Crippen LogP contribution in [0.1, 0.15) is 13.3 Å². The number of carbonyl (C=O) groups is 1. The van der Waals surface area contributed by atoms with E-state index in [0.29, 0.717) is 12.2 Å². The number of hydrogen-bond acceptors (Lipinski definition) is 4. The van der Waals surface area contributed by atoms with Gasteiger partial charge in [0.1, 0.15) is 0 Å². The Morgan fingerprint density at radius 3 is 2.44 bits per heavy atom. The highest BCUT2D eigenvalue weighted by Crippen LogP contribution is 2.10. The summed E-state index contributed by atoms with van der Waals surface area (Å²) in [6.45, 7) is 2.17. The Balaban J connectivity index is 2.60. The van der Waals surface area contributed by atoms with E-state index >= 15 is 0 Å². The molecule has 6 nitrogen and oxygen atoms in total. The van der Waals surface area contributed by atoms with Crippen LogP contribution in [0.2, 0.25) is 0 Å². The van der Waals surface area contributed by atoms with Gasteiger partial charge in [-0.05, 0) is 30.7 Å². The van der Waals surface area contributed by atoms with Crippen molar-refractivity contribution in [1.29, 1.82) is 0 Å². The van der Waals surface area contributed by atoms with Gasteiger partial charge in [0.05, 0.1) is 11.4 Å². The van der Waals surface area contributed by atoms with Gasteiger partial charge in [0, 0.05) is 12.2 Å². The summed E-state index contributed by atoms with van der Waals surface area (Å²) in [6.07, 6.45) is 0.802. The van der Waals surface area contributed by atoms with E-state index in [1.807, 2.05) is 6.92 Å². The van der Waals surface area contributed by atoms with Crippen LogP contribution in [0.4, 0.5) is 5.69 Å². The fourth-order valence-corrected chi connectivity index (χ4v) is 2.20. The molecule has 0 fully saturated rings. The maximum absolute atomic E-state index is 11.8. The van der Waals surface area contributed by atoms with Gasteiger partial charge in [-0.2, -0.15) is 0 Å². The smallest absolute Gasteiger partial charge is 0.241 e. The Morgan fingerprint density at radius 1 is 1.28 bits per heavy atom. The molecule has 0 saturated heterocycles. The second kappa shape index (κ2) is 6.36. The van der Waals surface area contributed by atoms with Gasteiger partial charge in [0.25, 0.3) is 0 Å². The van der Waals surface area contributed by atoms with Crippen molar-refractivity contribution >= 4 is 21.6 Å². The minimum atomic E-state index is -3.66. The van der Waals surface area contributed by atoms with Crippen LogP contribution in [0, 0.1) is 0 Å². The number of carbonyl (C=O) groups excluding carboxylic acids is 1. The molecule has 0 heterocycles. The van der Waals surface area contributed by atoms with Gasteiger partial charge in [0.2, 0.25) is 15.9 Å². The van der Waals surface area contributed by atoms with E-state index in [4.69, 9.17) is 5.73 Å². The highest BCUT2D eigenvalue weighted by atomic mass is 32.2. The van der Waals surface area contributed by atoms with Crippen molar-refractivity contribution in [2.75, 3.05) is 18.8 Å². The number of anilines is 1. The largest absolute Gasteiger partial charge is 0.399 e. The van der Waals surface area contributed by atoms with Crippen LogP contribution in [0.15, 0.2) is 29.2 Å². The average molecular weight is 271 g/mol. The van der Waals surface area contributed by atoms with Gasteiger partial charge in [-0.25, -0.2) is 13.1 Å². The molecule has 1 aromatic carbocycles. The number of nitrogens with two attached hydrogens (primary N) is 1. The topological polar surface area (TPSA) is 101 Å². The molecule has 0 bridgehead atoms. The van der Waals surface area contributed by atoms with Gasteiger partial charge in [-0.15, -0.1) is 0 Å². The van der Waals surface area contributed by atoms with Gasteiger partial charge >= 0.3 is 0 Å². The lowest BCUT2D eigenvalue weighted by Gasteiger charge is -2.07. The summed E-state index contributed by atoms with van der Waals surface area (Å²) in [5.74, 6) is -0.351. The summed E-state index contributed by atoms with van der Waals surface area (Å²) < 4.78 is 25.8. The van der Waals surface area contributed by atoms with Crippen molar-refractivity contribution in [3.63, 3.8) is 0 Å². The van der Waals surface area contributed by atoms with Crippen LogP contribution >= 0.6 is 0 Å². The number of amides is 1. The number of benzene rings is 1. The highest BCUT2D eigenvalue weighted by molar-refractivity contribution is 7.89. The van der Waals surface area contributed by atoms with Crippen molar-refractivity contribution in [2.24, 2.45) is 0 Å². The fraction of sp³-hybridized carbons (Fsp3) is 0.364. The Labute approximate surface area is 107 Å². The predicted molar refractivity (Wildman–Crippen MR) is 69.3 cm³/mol. The van der Waals surface area contributed by atoms with Crippen LogP contribution in [0.5, 0.6) is 0 Å². The number of rotatable bonds is 6. The Hall–Kier alpha value is -1.60. The van der Waals surface area contributed by atoms with Crippen LogP contribution in [0.3, 0.4) is 0 Å². The van der Waals surface area contributed by atoms with Crippen molar-refractivity contribution < 1.29 is 13.2 Å². The molecular weight excluding hydrogens is 254 g/mol. The zero-order valence-electron chi connectivity index (χ0n) is 10.1. The van der Waals surface area contributed by atoms with Gasteiger partial charge < -0.3 is 11.1 Å². The maximum Gasteiger partial charge on any atom is 0.241 e. The predicted octanol–water partition coefficient (Wildman–Crippen LogP) is 0.0733. The molecular formula is C11H17N3O3S. The Kier molecular flexibility index (Phi) is 5.11. The standard InChI is InChI=1S/C11H17N3O3S/c1-2-7-13-11(15)8-14-18(16,17)10-5-3-9(12)4-6-10/h3-6,14H,2,7-8,12H2,1H3,(H,13,15). The van der Waals surface area contributed by atoms with Crippen LogP contribution in [-0.4, -0.2) is 27.4 Å². The second-order valence-corrected chi connectivity index (χ2v) is 5.51. The molecule has 0 aliphatic carbocycles. The van der Waals surface area contributed by atoms with Crippen LogP contribution < -0.4 is 15.8 Å². The van der Waals surface area contributed by atoms with E-state index in [1.54, 1.807) is 0 Å². The van der Waals surface area contributed by atoms with Crippen molar-refractivity contribution in [1.82, 2.24) is 10.0 Å². The molecule has 0 aromatic heterocycles. The van der Waals surface area contributed by atoms with Crippen molar-refractivity contribution in [2.45, 2.75) is 18.2 Å². The number of sulfonamides is 1. The number of nitrogens with one attached hydrogen (secondary N) is 2. The molecule has 0 spiro atoms. The molecule has 7 heteroatoms. The van der Waals surface area contributed by atoms with Crippen LogP contribution in [-0.2, 0) is 14.8 Å². The summed E-state index contributed by atoms with van der Waals surface area (Å²) in [4.78, 5) is 11.4. The molecule has 0 radical (unpaired) electrons. The lowest BCUT2D eigenvalue weighted by molar-refractivity contribution is -0.119. The van der Waals surface area contributed by atoms with E-state index in [-0.39, 0.29) is 17.3 Å². The van der Waals surface area contributed by atoms with E-state index < -0.39 is 10.0 Å². The minimum Gasteiger partial charge on any atom is -0.399 e. The SMILES string of the molecule is CCCNC(=O)CNS(=O)(=O)c1ccc(N)cc1. The minimum absolute atomic E-state index is 0.0833. The zero-order chi connectivity index (χ0) is 13.6. The Morgan fingerprint density at radius 2 is 1.89 bits per heavy atom. The first-order valence-electron chi connectivity index (χ1n) is 5.57. The summed E-state index contributed by atoms with van der Waals surface area (Å²) >= 11 is 0. The zero-order valence-corrected chi connectivity index (χ0v) is 11.0. The van der Waals surface area contributed by atoms with E-state index in [2.05, 4.69) is 10.0 Å². The normalized spacial score (nSPS) is 11.2. The summed E-state index contributed by atoms with van der Waals surface area (Å²) in [5.41, 5.74) is 5.95. The number of hydrogen-bond donors (Lipinski definition) is 3. The molecule has 0 saturated carbocycles. The molecule has 1 amide bonds. The molecule has 0 aliphatic heterocycles. The first-order valence-corrected chi connectivity index (χ1v) is 7.06. The molecule has 0 aliphatic rings. The third kappa shape index (κ3) is 4.34. The lowest BCUT2D eigenvalue weighted by atomic mass is 10.3. The maximum atomic E-state index is 11.8. The first-order chi connectivity index (χ1) is 8.45. The summed E-state index contributed by atoms with van der Waals surface area (Å²) in [6, 6.07) is 5.76. The van der Waals surface area contributed by atoms with E-state index in [0.717, 1.165) is 6.42 Å². The van der Waals surface area contributed by atoms with Gasteiger partial charge in [-0.1, -0.05) is 6.92 Å². The second-order valence-electron chi connectivity index (χ2n) is 3.74. The average Bonchev–Trinajstić information content (AvgIpc) is 2.34. The van der Waals surface area contributed by atoms with Crippen LogP contribution in [0.25, 0.3) is 0 Å². The van der Waals surface area contributed by atoms with E-state index in [1.165, 1.54) is 24.3 Å². The fourth-order valence-electron chi connectivity index (χ4n) is 1.22. The summed E-state index contributed by atoms with van der Waals surface area (Å²) in [5, 5.41) is 2.58. The molecule has 100 valence electrons. The third-order valence-corrected chi connectivity index (χ3v) is 3.60. The third-order valence-electron chi connectivity index (χ3n) is 2.19. The van der Waals surface area contributed by atoms with Gasteiger partial charge in [-0.3, -0.25) is 4.79 Å². The van der Waals surface area contributed by atoms with Crippen molar-refractivity contribution in [3.05, 3.63) is 24.3 Å². The lowest BCUT2D eigenvalue weighted by Crippen LogP contribution is -2.37. The highest BCUT2D eigenvalue weighted by Gasteiger charge is 2.14. The molecule has 1 rings (SSSR count). The summed E-state index contributed by atoms with van der Waals surface area (Å²) in [7, 11) is -3.66. The molecule has 4 N–H and O–H groups in total. The molecule has 1 aromatic rings.